The molecule has 25 heavy (non-hydrogen) atoms. The molecule has 0 aliphatic carbocycles. The summed E-state index contributed by atoms with van der Waals surface area (Å²) in [5.41, 5.74) is 0.388. The second-order valence-electron chi connectivity index (χ2n) is 5.41. The molecule has 5 nitrogen and oxygen atoms in total. The average Bonchev–Trinajstić information content (AvgIpc) is 3.01. The summed E-state index contributed by atoms with van der Waals surface area (Å²) >= 11 is 18.7. The minimum Gasteiger partial charge on any atom is -0.336 e. The van der Waals surface area contributed by atoms with Gasteiger partial charge in [-0.1, -0.05) is 34.8 Å². The quantitative estimate of drug-likeness (QED) is 0.730. The maximum absolute atomic E-state index is 12.6. The van der Waals surface area contributed by atoms with Gasteiger partial charge in [0.1, 0.15) is 4.21 Å². The monoisotopic (exact) mass is 438 g/mol. The van der Waals surface area contributed by atoms with Crippen LogP contribution in [0.5, 0.6) is 0 Å². The normalized spacial score (nSPS) is 16.2. The molecule has 0 saturated carbocycles. The Morgan fingerprint density at radius 2 is 1.56 bits per heavy atom. The lowest BCUT2D eigenvalue weighted by Gasteiger charge is -2.33. The second kappa shape index (κ2) is 7.42. The van der Waals surface area contributed by atoms with E-state index in [4.69, 9.17) is 34.8 Å². The smallest absolute Gasteiger partial charge is 0.254 e. The fraction of sp³-hybridized carbons (Fsp3) is 0.267. The summed E-state index contributed by atoms with van der Waals surface area (Å²) in [5.74, 6) is -0.222. The van der Waals surface area contributed by atoms with E-state index in [1.54, 1.807) is 29.2 Å². The molecule has 1 fully saturated rings. The van der Waals surface area contributed by atoms with E-state index >= 15 is 0 Å². The number of benzene rings is 1. The van der Waals surface area contributed by atoms with Crippen molar-refractivity contribution in [2.24, 2.45) is 0 Å². The topological polar surface area (TPSA) is 57.7 Å². The number of carbonyl (C=O) groups excluding carboxylic acids is 1. The van der Waals surface area contributed by atoms with E-state index < -0.39 is 10.0 Å². The fourth-order valence-corrected chi connectivity index (χ4v) is 6.14. The first-order valence-electron chi connectivity index (χ1n) is 7.28. The molecule has 0 N–H and O–H groups in total. The Balaban J connectivity index is 1.70. The SMILES string of the molecule is O=C(c1cc(Cl)cc(Cl)c1)N1CCN(S(=O)(=O)c2ccc(Cl)s2)CC1. The van der Waals surface area contributed by atoms with Crippen molar-refractivity contribution < 1.29 is 13.2 Å². The van der Waals surface area contributed by atoms with E-state index in [0.717, 1.165) is 11.3 Å². The largest absolute Gasteiger partial charge is 0.336 e. The zero-order chi connectivity index (χ0) is 18.2. The van der Waals surface area contributed by atoms with Gasteiger partial charge in [0.2, 0.25) is 0 Å². The third kappa shape index (κ3) is 4.13. The first-order valence-corrected chi connectivity index (χ1v) is 10.7. The summed E-state index contributed by atoms with van der Waals surface area (Å²) in [4.78, 5) is 14.2. The molecule has 134 valence electrons. The van der Waals surface area contributed by atoms with Crippen LogP contribution >= 0.6 is 46.1 Å². The van der Waals surface area contributed by atoms with Gasteiger partial charge in [0.25, 0.3) is 15.9 Å². The highest BCUT2D eigenvalue weighted by Crippen LogP contribution is 2.29. The van der Waals surface area contributed by atoms with Gasteiger partial charge >= 0.3 is 0 Å². The van der Waals surface area contributed by atoms with Gasteiger partial charge in [-0.15, -0.1) is 11.3 Å². The van der Waals surface area contributed by atoms with Gasteiger partial charge in [0.05, 0.1) is 4.34 Å². The number of thiophene rings is 1. The molecule has 0 bridgehead atoms. The molecule has 1 aliphatic heterocycles. The van der Waals surface area contributed by atoms with Crippen LogP contribution in [0.25, 0.3) is 0 Å². The van der Waals surface area contributed by atoms with Gasteiger partial charge in [-0.25, -0.2) is 8.42 Å². The number of carbonyl (C=O) groups is 1. The van der Waals surface area contributed by atoms with Crippen molar-refractivity contribution in [1.29, 1.82) is 0 Å². The third-order valence-corrected chi connectivity index (χ3v) is 7.81. The summed E-state index contributed by atoms with van der Waals surface area (Å²) in [6, 6.07) is 7.70. The number of amides is 1. The molecule has 3 rings (SSSR count). The van der Waals surface area contributed by atoms with E-state index in [1.165, 1.54) is 10.4 Å². The third-order valence-electron chi connectivity index (χ3n) is 3.78. The van der Waals surface area contributed by atoms with Gasteiger partial charge in [-0.05, 0) is 30.3 Å². The Morgan fingerprint density at radius 3 is 2.08 bits per heavy atom. The number of rotatable bonds is 3. The van der Waals surface area contributed by atoms with Gasteiger partial charge in [-0.3, -0.25) is 4.79 Å². The Morgan fingerprint density at radius 1 is 0.960 bits per heavy atom. The Hall–Kier alpha value is -0.830. The van der Waals surface area contributed by atoms with Gasteiger partial charge in [0, 0.05) is 41.8 Å². The van der Waals surface area contributed by atoms with E-state index in [9.17, 15) is 13.2 Å². The molecule has 1 amide bonds. The molecule has 1 aliphatic rings. The number of halogens is 3. The molecule has 0 atom stereocenters. The maximum atomic E-state index is 12.6. The number of hydrogen-bond donors (Lipinski definition) is 0. The van der Waals surface area contributed by atoms with Crippen molar-refractivity contribution in [3.8, 4) is 0 Å². The number of piperazine rings is 1. The minimum absolute atomic E-state index is 0.207. The molecule has 2 heterocycles. The van der Waals surface area contributed by atoms with E-state index in [1.807, 2.05) is 0 Å². The molecule has 0 spiro atoms. The number of sulfonamides is 1. The number of hydrogen-bond acceptors (Lipinski definition) is 4. The summed E-state index contributed by atoms with van der Waals surface area (Å²) in [7, 11) is -3.58. The molecular formula is C15H13Cl3N2O3S2. The Bertz CT molecular complexity index is 886. The van der Waals surface area contributed by atoms with Gasteiger partial charge < -0.3 is 4.90 Å². The van der Waals surface area contributed by atoms with Gasteiger partial charge in [-0.2, -0.15) is 4.31 Å². The average molecular weight is 440 g/mol. The Kier molecular flexibility index (Phi) is 5.63. The first kappa shape index (κ1) is 18.9. The van der Waals surface area contributed by atoms with Crippen LogP contribution in [0.1, 0.15) is 10.4 Å². The molecule has 2 aromatic rings. The lowest BCUT2D eigenvalue weighted by molar-refractivity contribution is 0.0698. The summed E-state index contributed by atoms with van der Waals surface area (Å²) in [5, 5.41) is 0.762. The van der Waals surface area contributed by atoms with Crippen LogP contribution in [0.15, 0.2) is 34.5 Å². The highest BCUT2D eigenvalue weighted by Gasteiger charge is 2.31. The maximum Gasteiger partial charge on any atom is 0.254 e. The predicted octanol–water partition coefficient (Wildman–Crippen LogP) is 3.86. The first-order chi connectivity index (χ1) is 11.8. The number of nitrogens with zero attached hydrogens (tertiary/aromatic N) is 2. The van der Waals surface area contributed by atoms with Crippen molar-refractivity contribution in [2.75, 3.05) is 26.2 Å². The predicted molar refractivity (Wildman–Crippen MR) is 100 cm³/mol. The molecule has 1 saturated heterocycles. The lowest BCUT2D eigenvalue weighted by atomic mass is 10.2. The molecule has 10 heteroatoms. The highest BCUT2D eigenvalue weighted by molar-refractivity contribution is 7.91. The summed E-state index contributed by atoms with van der Waals surface area (Å²) < 4.78 is 27.1. The van der Waals surface area contributed by atoms with Crippen LogP contribution in [0.2, 0.25) is 14.4 Å². The van der Waals surface area contributed by atoms with Crippen molar-refractivity contribution in [3.63, 3.8) is 0 Å². The van der Waals surface area contributed by atoms with Crippen LogP contribution in [0, 0.1) is 0 Å². The molecule has 0 radical (unpaired) electrons. The van der Waals surface area contributed by atoms with E-state index in [0.29, 0.717) is 33.0 Å². The summed E-state index contributed by atoms with van der Waals surface area (Å²) in [6.07, 6.45) is 0. The van der Waals surface area contributed by atoms with Crippen LogP contribution < -0.4 is 0 Å². The van der Waals surface area contributed by atoms with E-state index in [-0.39, 0.29) is 23.2 Å². The molecule has 1 aromatic carbocycles. The molecule has 0 unspecified atom stereocenters. The Labute approximate surface area is 164 Å². The highest BCUT2D eigenvalue weighted by atomic mass is 35.5. The van der Waals surface area contributed by atoms with Crippen molar-refractivity contribution in [3.05, 3.63) is 50.3 Å². The van der Waals surface area contributed by atoms with Crippen LogP contribution in [-0.2, 0) is 10.0 Å². The zero-order valence-corrected chi connectivity index (χ0v) is 16.7. The van der Waals surface area contributed by atoms with E-state index in [2.05, 4.69) is 0 Å². The minimum atomic E-state index is -3.58. The zero-order valence-electron chi connectivity index (χ0n) is 12.8. The van der Waals surface area contributed by atoms with Crippen LogP contribution in [0.4, 0.5) is 0 Å². The molecule has 1 aromatic heterocycles. The second-order valence-corrected chi connectivity index (χ2v) is 10.2. The van der Waals surface area contributed by atoms with Crippen molar-refractivity contribution >= 4 is 62.1 Å². The van der Waals surface area contributed by atoms with Crippen LogP contribution in [0.3, 0.4) is 0 Å². The van der Waals surface area contributed by atoms with Crippen LogP contribution in [-0.4, -0.2) is 49.7 Å². The van der Waals surface area contributed by atoms with Gasteiger partial charge in [0.15, 0.2) is 0 Å². The lowest BCUT2D eigenvalue weighted by Crippen LogP contribution is -2.50. The van der Waals surface area contributed by atoms with Crippen molar-refractivity contribution in [1.82, 2.24) is 9.21 Å². The van der Waals surface area contributed by atoms with Crippen molar-refractivity contribution in [2.45, 2.75) is 4.21 Å². The fourth-order valence-electron chi connectivity index (χ4n) is 2.56. The standard InChI is InChI=1S/C15H13Cl3N2O3S2/c16-11-7-10(8-12(17)9-11)15(21)19-3-5-20(6-4-19)25(22,23)14-2-1-13(18)24-14/h1-2,7-9H,3-6H2. The molecular weight excluding hydrogens is 427 g/mol. The summed E-state index contributed by atoms with van der Waals surface area (Å²) in [6.45, 7) is 1.03.